The molecule has 0 saturated carbocycles. The van der Waals surface area contributed by atoms with Crippen molar-refractivity contribution < 1.29 is 4.39 Å². The minimum absolute atomic E-state index is 0.0308. The second-order valence-electron chi connectivity index (χ2n) is 1.28. The predicted molar refractivity (Wildman–Crippen MR) is 34.7 cm³/mol. The van der Waals surface area contributed by atoms with Gasteiger partial charge >= 0.3 is 0 Å². The molecule has 2 nitrogen and oxygen atoms in total. The maximum absolute atomic E-state index is 12.3. The largest absolute Gasteiger partial charge is 0.223 e. The number of rotatable bonds is 0. The number of aromatic nitrogens is 2. The van der Waals surface area contributed by atoms with Crippen LogP contribution in [0.4, 0.5) is 4.39 Å². The molecule has 0 fully saturated rings. The molecule has 0 amide bonds. The van der Waals surface area contributed by atoms with Crippen LogP contribution in [-0.4, -0.2) is 9.97 Å². The summed E-state index contributed by atoms with van der Waals surface area (Å²) in [6.07, 6.45) is 0.999. The van der Waals surface area contributed by atoms with Crippen molar-refractivity contribution in [2.75, 3.05) is 0 Å². The molecule has 0 aliphatic rings. The Kier molecular flexibility index (Phi) is 1.97. The molecule has 1 aromatic heterocycles. The van der Waals surface area contributed by atoms with Crippen LogP contribution in [0, 0.1) is 5.82 Å². The van der Waals surface area contributed by atoms with Gasteiger partial charge in [-0.3, -0.25) is 0 Å². The molecule has 1 heterocycles. The van der Waals surface area contributed by atoms with Gasteiger partial charge < -0.3 is 0 Å². The summed E-state index contributed by atoms with van der Waals surface area (Å²) in [6, 6.07) is 0. The summed E-state index contributed by atoms with van der Waals surface area (Å²) >= 11 is 8.13. The summed E-state index contributed by atoms with van der Waals surface area (Å²) in [5, 5.41) is 0.0308. The van der Waals surface area contributed by atoms with Gasteiger partial charge in [0.15, 0.2) is 5.82 Å². The Balaban J connectivity index is 3.17. The number of nitrogens with zero attached hydrogens (tertiary/aromatic N) is 2. The van der Waals surface area contributed by atoms with E-state index in [0.29, 0.717) is 0 Å². The number of hydrogen-bond donors (Lipinski definition) is 0. The molecule has 48 valence electrons. The first kappa shape index (κ1) is 6.89. The second kappa shape index (κ2) is 2.58. The minimum Gasteiger partial charge on any atom is -0.223 e. The van der Waals surface area contributed by atoms with Gasteiger partial charge in [0.05, 0.1) is 6.20 Å². The van der Waals surface area contributed by atoms with E-state index in [1.807, 2.05) is 0 Å². The first-order valence-corrected chi connectivity index (χ1v) is 3.21. The van der Waals surface area contributed by atoms with Gasteiger partial charge in [-0.05, 0) is 27.5 Å². The summed E-state index contributed by atoms with van der Waals surface area (Å²) < 4.78 is 12.4. The molecule has 1 rings (SSSR count). The van der Waals surface area contributed by atoms with Crippen LogP contribution < -0.4 is 0 Å². The average molecular weight is 211 g/mol. The highest BCUT2D eigenvalue weighted by Crippen LogP contribution is 2.11. The van der Waals surface area contributed by atoms with Gasteiger partial charge in [-0.1, -0.05) is 0 Å². The number of halogens is 3. The van der Waals surface area contributed by atoms with E-state index in [1.54, 1.807) is 0 Å². The Bertz CT molecular complexity index is 230. The summed E-state index contributed by atoms with van der Waals surface area (Å²) in [6.45, 7) is 0. The summed E-state index contributed by atoms with van der Waals surface area (Å²) in [7, 11) is 0. The lowest BCUT2D eigenvalue weighted by Crippen LogP contribution is -1.85. The van der Waals surface area contributed by atoms with Gasteiger partial charge in [0.1, 0.15) is 4.60 Å². The van der Waals surface area contributed by atoms with Crippen LogP contribution in [0.1, 0.15) is 0 Å². The zero-order valence-electron chi connectivity index (χ0n) is 4.11. The Morgan fingerprint density at radius 1 is 1.67 bits per heavy atom. The Morgan fingerprint density at radius 2 is 2.33 bits per heavy atom. The van der Waals surface area contributed by atoms with Crippen molar-refractivity contribution in [3.8, 4) is 0 Å². The lowest BCUT2D eigenvalue weighted by molar-refractivity contribution is 0.605. The third-order valence-electron chi connectivity index (χ3n) is 0.672. The monoisotopic (exact) mass is 210 g/mol. The molecular formula is C4HBrClFN2. The fraction of sp³-hybridized carbons (Fsp3) is 0. The van der Waals surface area contributed by atoms with Crippen LogP contribution in [0.5, 0.6) is 0 Å². The van der Waals surface area contributed by atoms with Crippen molar-refractivity contribution >= 4 is 27.5 Å². The zero-order chi connectivity index (χ0) is 6.85. The summed E-state index contributed by atoms with van der Waals surface area (Å²) in [5.74, 6) is -0.514. The highest BCUT2D eigenvalue weighted by Gasteiger charge is 1.99. The van der Waals surface area contributed by atoms with Crippen LogP contribution in [0.2, 0.25) is 5.28 Å². The molecule has 0 aliphatic heterocycles. The van der Waals surface area contributed by atoms with E-state index in [9.17, 15) is 4.39 Å². The predicted octanol–water partition coefficient (Wildman–Crippen LogP) is 2.03. The van der Waals surface area contributed by atoms with Crippen molar-refractivity contribution in [2.45, 2.75) is 0 Å². The maximum Gasteiger partial charge on any atom is 0.223 e. The lowest BCUT2D eigenvalue weighted by Gasteiger charge is -1.89. The molecule has 0 aliphatic carbocycles. The van der Waals surface area contributed by atoms with Gasteiger partial charge in [0.2, 0.25) is 5.28 Å². The number of hydrogen-bond acceptors (Lipinski definition) is 2. The van der Waals surface area contributed by atoms with E-state index in [-0.39, 0.29) is 9.89 Å². The van der Waals surface area contributed by atoms with Gasteiger partial charge in [-0.25, -0.2) is 14.4 Å². The molecule has 0 bridgehead atoms. The van der Waals surface area contributed by atoms with Crippen LogP contribution >= 0.6 is 27.5 Å². The third kappa shape index (κ3) is 1.59. The van der Waals surface area contributed by atoms with Crippen molar-refractivity contribution in [1.29, 1.82) is 0 Å². The molecule has 0 saturated heterocycles. The highest BCUT2D eigenvalue weighted by atomic mass is 79.9. The van der Waals surface area contributed by atoms with Crippen molar-refractivity contribution in [3.63, 3.8) is 0 Å². The Hall–Kier alpha value is -0.220. The molecule has 0 radical (unpaired) electrons. The average Bonchev–Trinajstić information content (AvgIpc) is 1.80. The zero-order valence-corrected chi connectivity index (χ0v) is 6.45. The topological polar surface area (TPSA) is 25.8 Å². The van der Waals surface area contributed by atoms with Gasteiger partial charge in [0.25, 0.3) is 0 Å². The normalized spacial score (nSPS) is 9.67. The van der Waals surface area contributed by atoms with Gasteiger partial charge in [-0.15, -0.1) is 0 Å². The smallest absolute Gasteiger partial charge is 0.223 e. The van der Waals surface area contributed by atoms with E-state index in [0.717, 1.165) is 6.20 Å². The van der Waals surface area contributed by atoms with Crippen molar-refractivity contribution in [1.82, 2.24) is 9.97 Å². The van der Waals surface area contributed by atoms with Gasteiger partial charge in [-0.2, -0.15) is 0 Å². The standard InChI is InChI=1S/C4HBrClFN2/c5-3-2(7)1-8-4(6)9-3/h1H. The summed E-state index contributed by atoms with van der Waals surface area (Å²) in [5.41, 5.74) is 0. The minimum atomic E-state index is -0.514. The Labute approximate surface area is 64.2 Å². The van der Waals surface area contributed by atoms with Crippen molar-refractivity contribution in [3.05, 3.63) is 21.9 Å². The van der Waals surface area contributed by atoms with E-state index >= 15 is 0 Å². The Morgan fingerprint density at radius 3 is 2.78 bits per heavy atom. The first-order chi connectivity index (χ1) is 4.20. The molecule has 5 heteroatoms. The van der Waals surface area contributed by atoms with Crippen molar-refractivity contribution in [2.24, 2.45) is 0 Å². The molecule has 9 heavy (non-hydrogen) atoms. The SMILES string of the molecule is Fc1cnc(Cl)nc1Br. The van der Waals surface area contributed by atoms with Crippen LogP contribution in [0.3, 0.4) is 0 Å². The highest BCUT2D eigenvalue weighted by molar-refractivity contribution is 9.10. The van der Waals surface area contributed by atoms with Crippen LogP contribution in [0.15, 0.2) is 10.8 Å². The molecule has 0 atom stereocenters. The molecular weight excluding hydrogens is 210 g/mol. The quantitative estimate of drug-likeness (QED) is 0.485. The second-order valence-corrected chi connectivity index (χ2v) is 2.37. The molecule has 0 spiro atoms. The van der Waals surface area contributed by atoms with E-state index in [4.69, 9.17) is 11.6 Å². The summed E-state index contributed by atoms with van der Waals surface area (Å²) in [4.78, 5) is 6.86. The van der Waals surface area contributed by atoms with Crippen LogP contribution in [-0.2, 0) is 0 Å². The first-order valence-electron chi connectivity index (χ1n) is 2.03. The molecule has 0 unspecified atom stereocenters. The molecule has 1 aromatic rings. The van der Waals surface area contributed by atoms with E-state index in [1.165, 1.54) is 0 Å². The fourth-order valence-corrected chi connectivity index (χ4v) is 0.832. The molecule has 0 N–H and O–H groups in total. The maximum atomic E-state index is 12.3. The van der Waals surface area contributed by atoms with E-state index < -0.39 is 5.82 Å². The fourth-order valence-electron chi connectivity index (χ4n) is 0.326. The third-order valence-corrected chi connectivity index (χ3v) is 1.41. The van der Waals surface area contributed by atoms with Gasteiger partial charge in [0, 0.05) is 0 Å². The molecule has 0 aromatic carbocycles. The lowest BCUT2D eigenvalue weighted by atomic mass is 10.6. The van der Waals surface area contributed by atoms with Crippen LogP contribution in [0.25, 0.3) is 0 Å². The van der Waals surface area contributed by atoms with E-state index in [2.05, 4.69) is 25.9 Å².